The number of hydrogen-bond acceptors (Lipinski definition) is 4. The number of hydrogen-bond donors (Lipinski definition) is 1. The van der Waals surface area contributed by atoms with E-state index in [0.717, 1.165) is 60.9 Å². The first kappa shape index (κ1) is 29.1. The summed E-state index contributed by atoms with van der Waals surface area (Å²) in [6, 6.07) is 13.8. The molecule has 0 amide bonds. The number of rotatable bonds is 6. The summed E-state index contributed by atoms with van der Waals surface area (Å²) in [6.07, 6.45) is 0.345. The number of ether oxygens (including phenoxy) is 1. The van der Waals surface area contributed by atoms with Gasteiger partial charge < -0.3 is 9.84 Å². The van der Waals surface area contributed by atoms with Crippen molar-refractivity contribution < 1.29 is 36.2 Å². The second kappa shape index (κ2) is 10.8. The van der Waals surface area contributed by atoms with E-state index in [0.29, 0.717) is 29.0 Å². The molecule has 41 heavy (non-hydrogen) atoms. The average molecular weight is 588 g/mol. The van der Waals surface area contributed by atoms with Crippen molar-refractivity contribution in [2.24, 2.45) is 0 Å². The van der Waals surface area contributed by atoms with Crippen molar-refractivity contribution in [2.75, 3.05) is 13.2 Å². The summed E-state index contributed by atoms with van der Waals surface area (Å²) in [6.45, 7) is 3.35. The Morgan fingerprint density at radius 2 is 1.61 bits per heavy atom. The number of carbonyl (C=O) groups is 1. The predicted octanol–water partition coefficient (Wildman–Crippen LogP) is 6.86. The van der Waals surface area contributed by atoms with Gasteiger partial charge in [0.1, 0.15) is 5.75 Å². The van der Waals surface area contributed by atoms with Crippen molar-refractivity contribution in [1.29, 1.82) is 0 Å². The molecule has 218 valence electrons. The Kier molecular flexibility index (Phi) is 7.67. The highest BCUT2D eigenvalue weighted by Crippen LogP contribution is 2.47. The first-order valence-corrected chi connectivity index (χ1v) is 15.0. The third kappa shape index (κ3) is 5.59. The Balaban J connectivity index is 1.53. The van der Waals surface area contributed by atoms with Gasteiger partial charge in [0, 0.05) is 18.5 Å². The van der Waals surface area contributed by atoms with Crippen LogP contribution in [0.4, 0.5) is 13.2 Å². The number of sulfonamides is 1. The van der Waals surface area contributed by atoms with Gasteiger partial charge >= 0.3 is 12.1 Å². The molecule has 3 aromatic rings. The lowest BCUT2D eigenvalue weighted by Gasteiger charge is -2.46. The molecule has 0 atom stereocenters. The predicted molar refractivity (Wildman–Crippen MR) is 148 cm³/mol. The van der Waals surface area contributed by atoms with E-state index >= 15 is 0 Å². The van der Waals surface area contributed by atoms with Gasteiger partial charge in [0.15, 0.2) is 6.61 Å². The number of alkyl halides is 3. The summed E-state index contributed by atoms with van der Waals surface area (Å²) in [5.41, 5.74) is 3.32. The van der Waals surface area contributed by atoms with Crippen LogP contribution in [0, 0.1) is 13.8 Å². The topological polar surface area (TPSA) is 83.9 Å². The zero-order chi connectivity index (χ0) is 29.6. The summed E-state index contributed by atoms with van der Waals surface area (Å²) < 4.78 is 74.4. The fourth-order valence-electron chi connectivity index (χ4n) is 6.25. The highest BCUT2D eigenvalue weighted by molar-refractivity contribution is 7.89. The van der Waals surface area contributed by atoms with Crippen LogP contribution in [0.5, 0.6) is 5.75 Å². The molecule has 1 aliphatic heterocycles. The molecule has 1 fully saturated rings. The molecule has 1 spiro atoms. The van der Waals surface area contributed by atoms with E-state index in [2.05, 4.69) is 0 Å². The fourth-order valence-corrected chi connectivity index (χ4v) is 8.04. The molecule has 5 rings (SSSR count). The van der Waals surface area contributed by atoms with E-state index in [1.165, 1.54) is 28.6 Å². The third-order valence-corrected chi connectivity index (χ3v) is 10.5. The maximum absolute atomic E-state index is 14.1. The SMILES string of the molecule is Cc1c(OCC(=O)O)ccc(S(=O)(=O)N2Cc3cc(-c4ccc(C(F)(F)F)cc4)ccc3C3(CCCCC3)C2)c1C. The summed E-state index contributed by atoms with van der Waals surface area (Å²) >= 11 is 0. The van der Waals surface area contributed by atoms with Gasteiger partial charge in [0.2, 0.25) is 10.0 Å². The van der Waals surface area contributed by atoms with E-state index in [-0.39, 0.29) is 16.9 Å². The van der Waals surface area contributed by atoms with Gasteiger partial charge in [-0.3, -0.25) is 0 Å². The minimum Gasteiger partial charge on any atom is -0.482 e. The van der Waals surface area contributed by atoms with E-state index in [1.54, 1.807) is 13.8 Å². The lowest BCUT2D eigenvalue weighted by Crippen LogP contribution is -2.49. The van der Waals surface area contributed by atoms with Crippen molar-refractivity contribution in [3.63, 3.8) is 0 Å². The molecule has 1 saturated carbocycles. The first-order chi connectivity index (χ1) is 19.3. The molecule has 1 heterocycles. The second-order valence-electron chi connectivity index (χ2n) is 11.1. The summed E-state index contributed by atoms with van der Waals surface area (Å²) in [5.74, 6) is -0.808. The van der Waals surface area contributed by atoms with Gasteiger partial charge in [0.05, 0.1) is 10.5 Å². The molecule has 1 N–H and O–H groups in total. The molecule has 3 aromatic carbocycles. The van der Waals surface area contributed by atoms with Gasteiger partial charge in [0.25, 0.3) is 0 Å². The lowest BCUT2D eigenvalue weighted by atomic mass is 9.66. The Labute approximate surface area is 237 Å². The van der Waals surface area contributed by atoms with E-state index < -0.39 is 34.3 Å². The molecule has 0 saturated heterocycles. The van der Waals surface area contributed by atoms with Crippen LogP contribution in [0.15, 0.2) is 59.5 Å². The van der Waals surface area contributed by atoms with Gasteiger partial charge in [-0.15, -0.1) is 0 Å². The van der Waals surface area contributed by atoms with Crippen LogP contribution in [-0.2, 0) is 33.0 Å². The largest absolute Gasteiger partial charge is 0.482 e. The molecule has 0 aromatic heterocycles. The quantitative estimate of drug-likeness (QED) is 0.341. The molecule has 0 radical (unpaired) electrons. The van der Waals surface area contributed by atoms with Crippen molar-refractivity contribution in [1.82, 2.24) is 4.31 Å². The van der Waals surface area contributed by atoms with Crippen LogP contribution in [0.3, 0.4) is 0 Å². The highest BCUT2D eigenvalue weighted by Gasteiger charge is 2.44. The Morgan fingerprint density at radius 1 is 0.951 bits per heavy atom. The number of carboxylic acid groups (broad SMARTS) is 1. The smallest absolute Gasteiger partial charge is 0.416 e. The molecular weight excluding hydrogens is 555 g/mol. The van der Waals surface area contributed by atoms with Crippen LogP contribution < -0.4 is 4.74 Å². The number of halogens is 3. The van der Waals surface area contributed by atoms with Gasteiger partial charge in [-0.05, 0) is 90.4 Å². The van der Waals surface area contributed by atoms with Crippen LogP contribution in [0.2, 0.25) is 0 Å². The Bertz CT molecular complexity index is 1580. The second-order valence-corrected chi connectivity index (χ2v) is 13.0. The van der Waals surface area contributed by atoms with Crippen molar-refractivity contribution in [3.05, 3.63) is 82.4 Å². The standard InChI is InChI=1S/C31H32F3NO5S/c1-20-21(2)28(13-12-27(20)40-18-29(36)37)41(38,39)35-17-24-16-23(22-6-9-25(10-7-22)31(32,33)34)8-11-26(24)30(19-35)14-4-3-5-15-30/h6-13,16H,3-5,14-15,17-19H2,1-2H3,(H,36,37). The molecule has 0 unspecified atom stereocenters. The van der Waals surface area contributed by atoms with E-state index in [4.69, 9.17) is 9.84 Å². The maximum Gasteiger partial charge on any atom is 0.416 e. The monoisotopic (exact) mass is 587 g/mol. The van der Waals surface area contributed by atoms with Gasteiger partial charge in [-0.25, -0.2) is 13.2 Å². The van der Waals surface area contributed by atoms with E-state index in [1.807, 2.05) is 18.2 Å². The lowest BCUT2D eigenvalue weighted by molar-refractivity contribution is -0.139. The zero-order valence-corrected chi connectivity index (χ0v) is 23.7. The molecule has 6 nitrogen and oxygen atoms in total. The van der Waals surface area contributed by atoms with E-state index in [9.17, 15) is 26.4 Å². The number of aliphatic carboxylic acids is 1. The Hall–Kier alpha value is -3.37. The highest BCUT2D eigenvalue weighted by atomic mass is 32.2. The van der Waals surface area contributed by atoms with Crippen LogP contribution in [0.25, 0.3) is 11.1 Å². The number of fused-ring (bicyclic) bond motifs is 2. The molecule has 0 bridgehead atoms. The van der Waals surface area contributed by atoms with Crippen molar-refractivity contribution >= 4 is 16.0 Å². The minimum atomic E-state index is -4.42. The molecule has 2 aliphatic rings. The number of nitrogens with zero attached hydrogens (tertiary/aromatic N) is 1. The van der Waals surface area contributed by atoms with Crippen LogP contribution >= 0.6 is 0 Å². The van der Waals surface area contributed by atoms with Crippen molar-refractivity contribution in [2.45, 2.75) is 69.0 Å². The van der Waals surface area contributed by atoms with Crippen molar-refractivity contribution in [3.8, 4) is 16.9 Å². The average Bonchev–Trinajstić information content (AvgIpc) is 2.93. The van der Waals surface area contributed by atoms with Gasteiger partial charge in [-0.2, -0.15) is 17.5 Å². The number of carboxylic acids is 1. The Morgan fingerprint density at radius 3 is 2.24 bits per heavy atom. The third-order valence-electron chi connectivity index (χ3n) is 8.52. The molecule has 10 heteroatoms. The first-order valence-electron chi connectivity index (χ1n) is 13.6. The normalized spacial score (nSPS) is 17.3. The summed E-state index contributed by atoms with van der Waals surface area (Å²) in [4.78, 5) is 11.1. The van der Waals surface area contributed by atoms with Crippen LogP contribution in [-0.4, -0.2) is 37.0 Å². The fraction of sp³-hybridized carbons (Fsp3) is 0.387. The molecule has 1 aliphatic carbocycles. The summed E-state index contributed by atoms with van der Waals surface area (Å²) in [5, 5.41) is 8.95. The maximum atomic E-state index is 14.1. The minimum absolute atomic E-state index is 0.143. The molecular formula is C31H32F3NO5S. The van der Waals surface area contributed by atoms with Crippen LogP contribution in [0.1, 0.15) is 59.9 Å². The number of benzene rings is 3. The zero-order valence-electron chi connectivity index (χ0n) is 22.9. The van der Waals surface area contributed by atoms with Gasteiger partial charge in [-0.1, -0.05) is 43.5 Å². The summed E-state index contributed by atoms with van der Waals surface area (Å²) in [7, 11) is -3.94.